The summed E-state index contributed by atoms with van der Waals surface area (Å²) < 4.78 is 0. The molecular weight excluding hydrogens is 312 g/mol. The first-order valence-corrected chi connectivity index (χ1v) is 8.82. The lowest BCUT2D eigenvalue weighted by molar-refractivity contribution is -0.125. The summed E-state index contributed by atoms with van der Waals surface area (Å²) >= 11 is 6.30. The average molecular weight is 335 g/mol. The normalized spacial score (nSPS) is 18.8. The first kappa shape index (κ1) is 16.3. The Morgan fingerprint density at radius 3 is 2.57 bits per heavy atom. The highest BCUT2D eigenvalue weighted by molar-refractivity contribution is 6.31. The standard InChI is InChI=1S/C18H23ClN2O2/c19-15-6-2-1-5-14(15)18(10-4-11-18)21-16(22)7-3-12-20-17(23)13-8-9-13/h1-2,5-6,13H,3-4,7-12H2,(H,20,23)(H,21,22). The third kappa shape index (κ3) is 3.86. The molecule has 23 heavy (non-hydrogen) atoms. The Balaban J connectivity index is 1.48. The molecule has 2 aliphatic carbocycles. The smallest absolute Gasteiger partial charge is 0.223 e. The molecule has 2 aliphatic rings. The molecule has 2 fully saturated rings. The van der Waals surface area contributed by atoms with E-state index in [0.29, 0.717) is 24.4 Å². The fourth-order valence-corrected chi connectivity index (χ4v) is 3.44. The molecule has 5 heteroatoms. The van der Waals surface area contributed by atoms with Crippen LogP contribution in [0.3, 0.4) is 0 Å². The molecule has 0 spiro atoms. The maximum absolute atomic E-state index is 12.3. The molecular formula is C18H23ClN2O2. The highest BCUT2D eigenvalue weighted by Gasteiger charge is 2.41. The predicted octanol–water partition coefficient (Wildman–Crippen LogP) is 3.14. The Morgan fingerprint density at radius 1 is 1.22 bits per heavy atom. The van der Waals surface area contributed by atoms with Crippen LogP contribution < -0.4 is 10.6 Å². The van der Waals surface area contributed by atoms with Crippen molar-refractivity contribution in [3.63, 3.8) is 0 Å². The first-order valence-electron chi connectivity index (χ1n) is 8.44. The minimum absolute atomic E-state index is 0.0327. The van der Waals surface area contributed by atoms with E-state index in [1.165, 1.54) is 0 Å². The number of hydrogen-bond donors (Lipinski definition) is 2. The van der Waals surface area contributed by atoms with Crippen LogP contribution >= 0.6 is 11.6 Å². The van der Waals surface area contributed by atoms with E-state index in [2.05, 4.69) is 10.6 Å². The molecule has 4 nitrogen and oxygen atoms in total. The fraction of sp³-hybridized carbons (Fsp3) is 0.556. The van der Waals surface area contributed by atoms with Gasteiger partial charge in [-0.05, 0) is 50.2 Å². The van der Waals surface area contributed by atoms with Crippen LogP contribution in [0.5, 0.6) is 0 Å². The summed E-state index contributed by atoms with van der Waals surface area (Å²) in [6.45, 7) is 0.571. The van der Waals surface area contributed by atoms with Gasteiger partial charge in [-0.15, -0.1) is 0 Å². The van der Waals surface area contributed by atoms with E-state index in [0.717, 1.165) is 37.7 Å². The van der Waals surface area contributed by atoms with Gasteiger partial charge in [-0.1, -0.05) is 29.8 Å². The van der Waals surface area contributed by atoms with Gasteiger partial charge in [0.05, 0.1) is 5.54 Å². The SMILES string of the molecule is O=C(CCCNC(=O)C1CC1)NC1(c2ccccc2Cl)CCC1. The number of hydrogen-bond acceptors (Lipinski definition) is 2. The fourth-order valence-electron chi connectivity index (χ4n) is 3.12. The Labute approximate surface area is 142 Å². The Kier molecular flexibility index (Phi) is 4.90. The minimum Gasteiger partial charge on any atom is -0.356 e. The Morgan fingerprint density at radius 2 is 1.96 bits per heavy atom. The second kappa shape index (κ2) is 6.91. The number of nitrogens with one attached hydrogen (secondary N) is 2. The summed E-state index contributed by atoms with van der Waals surface area (Å²) in [5.74, 6) is 0.393. The molecule has 0 unspecified atom stereocenters. The van der Waals surface area contributed by atoms with E-state index in [9.17, 15) is 9.59 Å². The van der Waals surface area contributed by atoms with Crippen LogP contribution in [-0.4, -0.2) is 18.4 Å². The number of amides is 2. The van der Waals surface area contributed by atoms with Crippen LogP contribution in [0, 0.1) is 5.92 Å². The third-order valence-electron chi connectivity index (χ3n) is 4.80. The summed E-state index contributed by atoms with van der Waals surface area (Å²) in [5, 5.41) is 6.78. The van der Waals surface area contributed by atoms with Crippen LogP contribution in [0.15, 0.2) is 24.3 Å². The van der Waals surface area contributed by atoms with Gasteiger partial charge in [0, 0.05) is 23.9 Å². The number of carbonyl (C=O) groups is 2. The van der Waals surface area contributed by atoms with E-state index in [4.69, 9.17) is 11.6 Å². The van der Waals surface area contributed by atoms with Crippen molar-refractivity contribution in [2.24, 2.45) is 5.92 Å². The van der Waals surface area contributed by atoms with Gasteiger partial charge >= 0.3 is 0 Å². The molecule has 0 bridgehead atoms. The van der Waals surface area contributed by atoms with E-state index in [1.807, 2.05) is 24.3 Å². The third-order valence-corrected chi connectivity index (χ3v) is 5.13. The molecule has 2 saturated carbocycles. The molecule has 2 N–H and O–H groups in total. The van der Waals surface area contributed by atoms with Crippen molar-refractivity contribution in [2.75, 3.05) is 6.54 Å². The lowest BCUT2D eigenvalue weighted by atomic mass is 9.71. The van der Waals surface area contributed by atoms with Crippen molar-refractivity contribution in [1.82, 2.24) is 10.6 Å². The Hall–Kier alpha value is -1.55. The number of carbonyl (C=O) groups excluding carboxylic acids is 2. The highest BCUT2D eigenvalue weighted by Crippen LogP contribution is 2.43. The number of rotatable bonds is 7. The van der Waals surface area contributed by atoms with E-state index < -0.39 is 0 Å². The van der Waals surface area contributed by atoms with Crippen molar-refractivity contribution in [3.8, 4) is 0 Å². The molecule has 0 aromatic heterocycles. The highest BCUT2D eigenvalue weighted by atomic mass is 35.5. The lowest BCUT2D eigenvalue weighted by Gasteiger charge is -2.43. The molecule has 0 saturated heterocycles. The molecule has 0 aliphatic heterocycles. The van der Waals surface area contributed by atoms with Gasteiger partial charge < -0.3 is 10.6 Å². The van der Waals surface area contributed by atoms with Crippen LogP contribution in [0.4, 0.5) is 0 Å². The largest absolute Gasteiger partial charge is 0.356 e. The minimum atomic E-state index is -0.299. The zero-order chi connectivity index (χ0) is 16.3. The molecule has 2 amide bonds. The van der Waals surface area contributed by atoms with Gasteiger partial charge in [0.2, 0.25) is 11.8 Å². The zero-order valence-electron chi connectivity index (χ0n) is 13.2. The summed E-state index contributed by atoms with van der Waals surface area (Å²) in [4.78, 5) is 23.8. The maximum atomic E-state index is 12.3. The number of benzene rings is 1. The predicted molar refractivity (Wildman–Crippen MR) is 90.1 cm³/mol. The van der Waals surface area contributed by atoms with Gasteiger partial charge in [0.15, 0.2) is 0 Å². The summed E-state index contributed by atoms with van der Waals surface area (Å²) in [6.07, 6.45) is 6.07. The molecule has 3 rings (SSSR count). The second-order valence-corrected chi connectivity index (χ2v) is 7.04. The van der Waals surface area contributed by atoms with Gasteiger partial charge in [0.25, 0.3) is 0 Å². The van der Waals surface area contributed by atoms with E-state index >= 15 is 0 Å². The molecule has 124 valence electrons. The van der Waals surface area contributed by atoms with Crippen LogP contribution in [0.25, 0.3) is 0 Å². The quantitative estimate of drug-likeness (QED) is 0.753. The van der Waals surface area contributed by atoms with Gasteiger partial charge in [0.1, 0.15) is 0 Å². The van der Waals surface area contributed by atoms with E-state index in [-0.39, 0.29) is 23.3 Å². The van der Waals surface area contributed by atoms with Crippen molar-refractivity contribution in [2.45, 2.75) is 50.5 Å². The lowest BCUT2D eigenvalue weighted by Crippen LogP contribution is -2.51. The van der Waals surface area contributed by atoms with Crippen molar-refractivity contribution < 1.29 is 9.59 Å². The van der Waals surface area contributed by atoms with Crippen LogP contribution in [0.1, 0.15) is 50.5 Å². The molecule has 1 aromatic carbocycles. The van der Waals surface area contributed by atoms with Gasteiger partial charge in [-0.3, -0.25) is 9.59 Å². The van der Waals surface area contributed by atoms with Crippen LogP contribution in [-0.2, 0) is 15.1 Å². The molecule has 0 radical (unpaired) electrons. The first-order chi connectivity index (χ1) is 11.1. The molecule has 0 atom stereocenters. The summed E-state index contributed by atoms with van der Waals surface area (Å²) in [6, 6.07) is 7.73. The average Bonchev–Trinajstić information content (AvgIpc) is 3.33. The van der Waals surface area contributed by atoms with Gasteiger partial charge in [-0.2, -0.15) is 0 Å². The maximum Gasteiger partial charge on any atom is 0.223 e. The number of halogens is 1. The molecule has 0 heterocycles. The van der Waals surface area contributed by atoms with Crippen LogP contribution in [0.2, 0.25) is 5.02 Å². The second-order valence-electron chi connectivity index (χ2n) is 6.63. The van der Waals surface area contributed by atoms with Crippen molar-refractivity contribution in [3.05, 3.63) is 34.9 Å². The van der Waals surface area contributed by atoms with Crippen molar-refractivity contribution >= 4 is 23.4 Å². The van der Waals surface area contributed by atoms with E-state index in [1.54, 1.807) is 0 Å². The summed E-state index contributed by atoms with van der Waals surface area (Å²) in [5.41, 5.74) is 0.718. The zero-order valence-corrected chi connectivity index (χ0v) is 14.0. The van der Waals surface area contributed by atoms with Crippen molar-refractivity contribution in [1.29, 1.82) is 0 Å². The molecule has 1 aromatic rings. The Bertz CT molecular complexity index is 594. The topological polar surface area (TPSA) is 58.2 Å². The van der Waals surface area contributed by atoms with Gasteiger partial charge in [-0.25, -0.2) is 0 Å². The summed E-state index contributed by atoms with van der Waals surface area (Å²) in [7, 11) is 0. The monoisotopic (exact) mass is 334 g/mol.